The molecule has 0 spiro atoms. The number of nitrogens with two attached hydrogens (primary N) is 1. The lowest BCUT2D eigenvalue weighted by Gasteiger charge is -2.10. The Balaban J connectivity index is 0.000000583. The van der Waals surface area contributed by atoms with Gasteiger partial charge < -0.3 is 10.5 Å². The van der Waals surface area contributed by atoms with Crippen LogP contribution in [0.5, 0.6) is 5.75 Å². The van der Waals surface area contributed by atoms with Crippen molar-refractivity contribution >= 4 is 20.9 Å². The van der Waals surface area contributed by atoms with Gasteiger partial charge in [-0.2, -0.15) is 0 Å². The first-order valence-electron chi connectivity index (χ1n) is 9.68. The van der Waals surface area contributed by atoms with Gasteiger partial charge in [-0.25, -0.2) is 12.4 Å². The van der Waals surface area contributed by atoms with Crippen molar-refractivity contribution in [2.75, 3.05) is 13.7 Å². The fourth-order valence-corrected chi connectivity index (χ4v) is 3.95. The van der Waals surface area contributed by atoms with Crippen LogP contribution in [0.1, 0.15) is 39.7 Å². The van der Waals surface area contributed by atoms with Crippen LogP contribution in [0.4, 0.5) is 0 Å². The average Bonchev–Trinajstić information content (AvgIpc) is 3.20. The number of ether oxygens (including phenoxy) is 1. The number of methoxy groups -OCH3 is 1. The van der Waals surface area contributed by atoms with Gasteiger partial charge in [0.15, 0.2) is 0 Å². The van der Waals surface area contributed by atoms with Crippen LogP contribution in [0, 0.1) is 0 Å². The summed E-state index contributed by atoms with van der Waals surface area (Å²) >= 11 is 0. The molecular formula is C22H32N2O3S. The molecule has 5 nitrogen and oxygen atoms in total. The van der Waals surface area contributed by atoms with Gasteiger partial charge >= 0.3 is 0 Å². The molecule has 0 aliphatic carbocycles. The first-order chi connectivity index (χ1) is 13.5. The smallest absolute Gasteiger partial charge is 0.268 e. The predicted octanol–water partition coefficient (Wildman–Crippen LogP) is 4.83. The van der Waals surface area contributed by atoms with Gasteiger partial charge in [-0.3, -0.25) is 0 Å². The number of aryl methyl sites for hydroxylation is 1. The van der Waals surface area contributed by atoms with Crippen LogP contribution in [0.3, 0.4) is 0 Å². The molecule has 0 fully saturated rings. The molecule has 3 aromatic rings. The van der Waals surface area contributed by atoms with Crippen molar-refractivity contribution in [2.24, 2.45) is 5.73 Å². The second-order valence-corrected chi connectivity index (χ2v) is 7.61. The van der Waals surface area contributed by atoms with E-state index in [1.54, 1.807) is 49.7 Å². The molecule has 154 valence electrons. The van der Waals surface area contributed by atoms with Gasteiger partial charge in [0.2, 0.25) is 0 Å². The first kappa shape index (κ1) is 23.7. The molecule has 1 aromatic heterocycles. The number of hydrogen-bond donors (Lipinski definition) is 1. The van der Waals surface area contributed by atoms with Gasteiger partial charge in [0.1, 0.15) is 5.75 Å². The van der Waals surface area contributed by atoms with Crippen LogP contribution >= 0.6 is 0 Å². The second kappa shape index (κ2) is 11.5. The monoisotopic (exact) mass is 404 g/mol. The fourth-order valence-electron chi connectivity index (χ4n) is 2.59. The number of aromatic nitrogens is 1. The predicted molar refractivity (Wildman–Crippen MR) is 118 cm³/mol. The summed E-state index contributed by atoms with van der Waals surface area (Å²) in [5, 5.41) is 0.933. The molecule has 28 heavy (non-hydrogen) atoms. The van der Waals surface area contributed by atoms with E-state index >= 15 is 0 Å². The third-order valence-electron chi connectivity index (χ3n) is 4.04. The van der Waals surface area contributed by atoms with Crippen LogP contribution in [-0.2, 0) is 16.4 Å². The Hall–Kier alpha value is -2.31. The number of hydrogen-bond acceptors (Lipinski definition) is 4. The number of fused-ring (bicyclic) bond motifs is 1. The summed E-state index contributed by atoms with van der Waals surface area (Å²) in [6.45, 7) is 8.91. The zero-order valence-corrected chi connectivity index (χ0v) is 18.3. The van der Waals surface area contributed by atoms with Crippen molar-refractivity contribution in [1.29, 1.82) is 0 Å². The van der Waals surface area contributed by atoms with E-state index < -0.39 is 10.0 Å². The molecule has 0 saturated heterocycles. The summed E-state index contributed by atoms with van der Waals surface area (Å²) in [6, 6.07) is 14.0. The summed E-state index contributed by atoms with van der Waals surface area (Å²) in [5.41, 5.74) is 6.73. The van der Waals surface area contributed by atoms with Gasteiger partial charge in [0.25, 0.3) is 10.0 Å². The Kier molecular flexibility index (Phi) is 9.76. The van der Waals surface area contributed by atoms with E-state index in [0.717, 1.165) is 30.3 Å². The third-order valence-corrected chi connectivity index (χ3v) is 5.74. The minimum Gasteiger partial charge on any atom is -0.497 e. The van der Waals surface area contributed by atoms with Gasteiger partial charge in [0, 0.05) is 17.6 Å². The standard InChI is InChI=1S/C17H17NO3S.C3H9N.C2H6/c1-3-13-11-14(21-2)12-17-16(13)9-10-18(17)22(19,20)15-7-5-4-6-8-15;1-2-3-4;1-2/h4-12H,3H2,1-2H3;2-4H2,1H3;1-2H3. The molecule has 0 bridgehead atoms. The van der Waals surface area contributed by atoms with Gasteiger partial charge in [-0.15, -0.1) is 0 Å². The molecule has 3 rings (SSSR count). The molecule has 0 saturated carbocycles. The molecule has 0 amide bonds. The van der Waals surface area contributed by atoms with Crippen LogP contribution in [0.15, 0.2) is 59.6 Å². The Bertz CT molecular complexity index is 947. The maximum absolute atomic E-state index is 12.8. The quantitative estimate of drug-likeness (QED) is 0.661. The number of nitrogens with zero attached hydrogens (tertiary/aromatic N) is 1. The van der Waals surface area contributed by atoms with Crippen molar-refractivity contribution in [3.8, 4) is 5.75 Å². The highest BCUT2D eigenvalue weighted by molar-refractivity contribution is 7.90. The highest BCUT2D eigenvalue weighted by atomic mass is 32.2. The summed E-state index contributed by atoms with van der Waals surface area (Å²) in [5.74, 6) is 0.660. The molecular weight excluding hydrogens is 372 g/mol. The van der Waals surface area contributed by atoms with E-state index in [1.807, 2.05) is 32.9 Å². The van der Waals surface area contributed by atoms with Crippen molar-refractivity contribution < 1.29 is 13.2 Å². The topological polar surface area (TPSA) is 74.3 Å². The zero-order chi connectivity index (χ0) is 21.2. The molecule has 1 heterocycles. The van der Waals surface area contributed by atoms with E-state index in [2.05, 4.69) is 6.92 Å². The highest BCUT2D eigenvalue weighted by Gasteiger charge is 2.19. The minimum atomic E-state index is -3.61. The van der Waals surface area contributed by atoms with Crippen molar-refractivity contribution in [3.05, 3.63) is 60.3 Å². The molecule has 6 heteroatoms. The largest absolute Gasteiger partial charge is 0.497 e. The Morgan fingerprint density at radius 2 is 1.64 bits per heavy atom. The van der Waals surface area contributed by atoms with Crippen LogP contribution in [-0.4, -0.2) is 26.0 Å². The Morgan fingerprint density at radius 3 is 2.14 bits per heavy atom. The lowest BCUT2D eigenvalue weighted by atomic mass is 10.1. The molecule has 0 radical (unpaired) electrons. The van der Waals surface area contributed by atoms with Crippen LogP contribution in [0.2, 0.25) is 0 Å². The molecule has 0 unspecified atom stereocenters. The summed E-state index contributed by atoms with van der Waals surface area (Å²) in [4.78, 5) is 0.272. The summed E-state index contributed by atoms with van der Waals surface area (Å²) < 4.78 is 32.3. The fraction of sp³-hybridized carbons (Fsp3) is 0.364. The average molecular weight is 405 g/mol. The molecule has 0 aliphatic heterocycles. The Labute approximate surface area is 169 Å². The molecule has 2 aromatic carbocycles. The van der Waals surface area contributed by atoms with E-state index in [9.17, 15) is 8.42 Å². The maximum atomic E-state index is 12.8. The zero-order valence-electron chi connectivity index (χ0n) is 17.5. The van der Waals surface area contributed by atoms with Gasteiger partial charge in [-0.1, -0.05) is 45.9 Å². The molecule has 2 N–H and O–H groups in total. The number of rotatable bonds is 5. The first-order valence-corrected chi connectivity index (χ1v) is 11.1. The Morgan fingerprint density at radius 1 is 1.04 bits per heavy atom. The van der Waals surface area contributed by atoms with Crippen molar-refractivity contribution in [3.63, 3.8) is 0 Å². The van der Waals surface area contributed by atoms with Crippen molar-refractivity contribution in [1.82, 2.24) is 3.97 Å². The van der Waals surface area contributed by atoms with E-state index in [0.29, 0.717) is 11.3 Å². The summed E-state index contributed by atoms with van der Waals surface area (Å²) in [6.07, 6.45) is 3.51. The third kappa shape index (κ3) is 5.36. The van der Waals surface area contributed by atoms with Gasteiger partial charge in [-0.05, 0) is 49.2 Å². The second-order valence-electron chi connectivity index (χ2n) is 5.79. The van der Waals surface area contributed by atoms with Crippen LogP contribution in [0.25, 0.3) is 10.9 Å². The van der Waals surface area contributed by atoms with Crippen LogP contribution < -0.4 is 10.5 Å². The summed E-state index contributed by atoms with van der Waals surface area (Å²) in [7, 11) is -2.03. The van der Waals surface area contributed by atoms with E-state index in [-0.39, 0.29) is 4.90 Å². The maximum Gasteiger partial charge on any atom is 0.268 e. The van der Waals surface area contributed by atoms with E-state index in [1.165, 1.54) is 3.97 Å². The SMILES string of the molecule is CC.CCCN.CCc1cc(OC)cc2c1ccn2S(=O)(=O)c1ccccc1. The van der Waals surface area contributed by atoms with Crippen molar-refractivity contribution in [2.45, 2.75) is 45.4 Å². The number of benzene rings is 2. The highest BCUT2D eigenvalue weighted by Crippen LogP contribution is 2.29. The lowest BCUT2D eigenvalue weighted by Crippen LogP contribution is -2.11. The van der Waals surface area contributed by atoms with Gasteiger partial charge in [0.05, 0.1) is 17.5 Å². The minimum absolute atomic E-state index is 0.272. The molecule has 0 aliphatic rings. The van der Waals surface area contributed by atoms with E-state index in [4.69, 9.17) is 10.5 Å². The molecule has 0 atom stereocenters. The normalized spacial score (nSPS) is 10.5. The lowest BCUT2D eigenvalue weighted by molar-refractivity contribution is 0.415.